The number of rotatable bonds is 4. The standard InChI is InChI=1S/C27H25FN4O2/c1-18-6-11-22(19(2)17-18)24-25(27(34)32(26(24)33)21-9-7-20(28)8-10-21)31-15-13-30(14-16-31)23-5-3-4-12-29-23/h3-12,17H,13-16H2,1-2H3. The second-order valence-electron chi connectivity index (χ2n) is 8.63. The lowest BCUT2D eigenvalue weighted by molar-refractivity contribution is -0.120. The van der Waals surface area contributed by atoms with Crippen molar-refractivity contribution in [3.8, 4) is 0 Å². The van der Waals surface area contributed by atoms with Gasteiger partial charge in [-0.25, -0.2) is 14.3 Å². The highest BCUT2D eigenvalue weighted by molar-refractivity contribution is 6.45. The van der Waals surface area contributed by atoms with Crippen LogP contribution in [0.15, 0.2) is 72.6 Å². The van der Waals surface area contributed by atoms with Gasteiger partial charge in [0, 0.05) is 32.4 Å². The Bertz CT molecular complexity index is 1280. The van der Waals surface area contributed by atoms with Crippen LogP contribution in [0.25, 0.3) is 5.57 Å². The Morgan fingerprint density at radius 1 is 0.824 bits per heavy atom. The van der Waals surface area contributed by atoms with Crippen molar-refractivity contribution >= 4 is 28.9 Å². The highest BCUT2D eigenvalue weighted by atomic mass is 19.1. The van der Waals surface area contributed by atoms with Gasteiger partial charge in [-0.15, -0.1) is 0 Å². The van der Waals surface area contributed by atoms with Crippen molar-refractivity contribution in [2.45, 2.75) is 13.8 Å². The first kappa shape index (κ1) is 21.8. The van der Waals surface area contributed by atoms with Crippen molar-refractivity contribution in [3.63, 3.8) is 0 Å². The Morgan fingerprint density at radius 2 is 1.53 bits per heavy atom. The van der Waals surface area contributed by atoms with Crippen LogP contribution in [0.3, 0.4) is 0 Å². The maximum absolute atomic E-state index is 13.7. The zero-order valence-corrected chi connectivity index (χ0v) is 19.2. The molecule has 0 spiro atoms. The summed E-state index contributed by atoms with van der Waals surface area (Å²) in [7, 11) is 0. The Morgan fingerprint density at radius 3 is 2.18 bits per heavy atom. The Hall–Kier alpha value is -4.00. The first-order valence-electron chi connectivity index (χ1n) is 11.3. The molecule has 0 aliphatic carbocycles. The predicted molar refractivity (Wildman–Crippen MR) is 130 cm³/mol. The van der Waals surface area contributed by atoms with Gasteiger partial charge in [0.25, 0.3) is 11.8 Å². The van der Waals surface area contributed by atoms with Crippen molar-refractivity contribution in [1.29, 1.82) is 0 Å². The lowest BCUT2D eigenvalue weighted by Crippen LogP contribution is -2.48. The van der Waals surface area contributed by atoms with E-state index in [0.29, 0.717) is 43.1 Å². The third kappa shape index (κ3) is 3.83. The van der Waals surface area contributed by atoms with E-state index in [1.807, 2.05) is 55.1 Å². The monoisotopic (exact) mass is 456 g/mol. The molecule has 0 unspecified atom stereocenters. The second kappa shape index (κ2) is 8.74. The molecular formula is C27H25FN4O2. The molecule has 1 aromatic heterocycles. The van der Waals surface area contributed by atoms with Gasteiger partial charge in [0.1, 0.15) is 17.3 Å². The molecule has 0 radical (unpaired) electrons. The minimum absolute atomic E-state index is 0.362. The van der Waals surface area contributed by atoms with E-state index in [9.17, 15) is 14.0 Å². The Balaban J connectivity index is 1.53. The Kier molecular flexibility index (Phi) is 5.61. The summed E-state index contributed by atoms with van der Waals surface area (Å²) in [6.45, 7) is 6.46. The van der Waals surface area contributed by atoms with Gasteiger partial charge in [0.2, 0.25) is 0 Å². The molecule has 2 aromatic carbocycles. The molecule has 0 N–H and O–H groups in total. The van der Waals surface area contributed by atoms with E-state index in [1.165, 1.54) is 24.3 Å². The molecule has 7 heteroatoms. The van der Waals surface area contributed by atoms with Crippen molar-refractivity contribution in [2.75, 3.05) is 36.0 Å². The van der Waals surface area contributed by atoms with Crippen LogP contribution in [0.4, 0.5) is 15.9 Å². The highest BCUT2D eigenvalue weighted by Gasteiger charge is 2.43. The predicted octanol–water partition coefficient (Wildman–Crippen LogP) is 3.94. The molecule has 2 aliphatic heterocycles. The lowest BCUT2D eigenvalue weighted by Gasteiger charge is -2.37. The average molecular weight is 457 g/mol. The number of piperazine rings is 1. The molecule has 34 heavy (non-hydrogen) atoms. The molecule has 5 rings (SSSR count). The summed E-state index contributed by atoms with van der Waals surface area (Å²) in [5.74, 6) is -0.285. The van der Waals surface area contributed by atoms with E-state index in [2.05, 4.69) is 9.88 Å². The van der Waals surface area contributed by atoms with E-state index in [4.69, 9.17) is 0 Å². The third-order valence-electron chi connectivity index (χ3n) is 6.36. The second-order valence-corrected chi connectivity index (χ2v) is 8.63. The molecule has 1 saturated heterocycles. The van der Waals surface area contributed by atoms with E-state index < -0.39 is 5.82 Å². The van der Waals surface area contributed by atoms with Crippen molar-refractivity contribution in [2.24, 2.45) is 0 Å². The van der Waals surface area contributed by atoms with Crippen LogP contribution in [-0.2, 0) is 9.59 Å². The summed E-state index contributed by atoms with van der Waals surface area (Å²) in [5.41, 5.74) is 3.93. The molecule has 172 valence electrons. The van der Waals surface area contributed by atoms with Crippen LogP contribution in [0.5, 0.6) is 0 Å². The number of anilines is 2. The fraction of sp³-hybridized carbons (Fsp3) is 0.222. The molecule has 3 heterocycles. The van der Waals surface area contributed by atoms with Gasteiger partial charge >= 0.3 is 0 Å². The number of halogens is 1. The topological polar surface area (TPSA) is 56.8 Å². The summed E-state index contributed by atoms with van der Waals surface area (Å²) in [4.78, 5) is 37.1. The van der Waals surface area contributed by atoms with Crippen molar-refractivity contribution in [1.82, 2.24) is 9.88 Å². The number of benzene rings is 2. The maximum Gasteiger partial charge on any atom is 0.282 e. The number of carbonyl (C=O) groups excluding carboxylic acids is 2. The molecule has 2 aliphatic rings. The van der Waals surface area contributed by atoms with E-state index in [1.54, 1.807) is 6.20 Å². The number of hydrogen-bond acceptors (Lipinski definition) is 5. The molecule has 0 bridgehead atoms. The van der Waals surface area contributed by atoms with Crippen LogP contribution in [-0.4, -0.2) is 47.9 Å². The van der Waals surface area contributed by atoms with Crippen LogP contribution < -0.4 is 9.80 Å². The summed E-state index contributed by atoms with van der Waals surface area (Å²) in [6, 6.07) is 17.1. The van der Waals surface area contributed by atoms with Gasteiger partial charge in [-0.1, -0.05) is 29.8 Å². The zero-order chi connectivity index (χ0) is 23.8. The van der Waals surface area contributed by atoms with Crippen LogP contribution in [0.1, 0.15) is 16.7 Å². The molecule has 0 saturated carbocycles. The first-order chi connectivity index (χ1) is 16.4. The SMILES string of the molecule is Cc1ccc(C2=C(N3CCN(c4ccccn4)CC3)C(=O)N(c3ccc(F)cc3)C2=O)c(C)c1. The van der Waals surface area contributed by atoms with Crippen molar-refractivity contribution < 1.29 is 14.0 Å². The minimum atomic E-state index is -0.420. The van der Waals surface area contributed by atoms with Gasteiger partial charge in [0.05, 0.1) is 11.3 Å². The highest BCUT2D eigenvalue weighted by Crippen LogP contribution is 2.36. The minimum Gasteiger partial charge on any atom is -0.363 e. The number of pyridine rings is 1. The van der Waals surface area contributed by atoms with E-state index in [-0.39, 0.29) is 11.8 Å². The zero-order valence-electron chi connectivity index (χ0n) is 19.2. The first-order valence-corrected chi connectivity index (χ1v) is 11.3. The number of aryl methyl sites for hydroxylation is 2. The number of imide groups is 1. The fourth-order valence-corrected chi connectivity index (χ4v) is 4.67. The maximum atomic E-state index is 13.7. The van der Waals surface area contributed by atoms with Gasteiger partial charge < -0.3 is 9.80 Å². The van der Waals surface area contributed by atoms with Crippen LogP contribution in [0.2, 0.25) is 0 Å². The average Bonchev–Trinajstić information content (AvgIpc) is 3.10. The number of amides is 2. The number of aromatic nitrogens is 1. The van der Waals surface area contributed by atoms with Crippen LogP contribution in [0, 0.1) is 19.7 Å². The summed E-state index contributed by atoms with van der Waals surface area (Å²) >= 11 is 0. The lowest BCUT2D eigenvalue weighted by atomic mass is 9.97. The summed E-state index contributed by atoms with van der Waals surface area (Å²) in [6.07, 6.45) is 1.77. The van der Waals surface area contributed by atoms with Crippen LogP contribution >= 0.6 is 0 Å². The fourth-order valence-electron chi connectivity index (χ4n) is 4.67. The number of carbonyl (C=O) groups is 2. The normalized spacial score (nSPS) is 16.6. The largest absolute Gasteiger partial charge is 0.363 e. The van der Waals surface area contributed by atoms with Gasteiger partial charge in [-0.05, 0) is 61.4 Å². The number of hydrogen-bond donors (Lipinski definition) is 0. The van der Waals surface area contributed by atoms with E-state index >= 15 is 0 Å². The smallest absolute Gasteiger partial charge is 0.282 e. The molecular weight excluding hydrogens is 431 g/mol. The third-order valence-corrected chi connectivity index (χ3v) is 6.36. The molecule has 0 atom stereocenters. The van der Waals surface area contributed by atoms with Gasteiger partial charge in [-0.3, -0.25) is 9.59 Å². The van der Waals surface area contributed by atoms with Crippen molar-refractivity contribution in [3.05, 3.63) is 95.1 Å². The van der Waals surface area contributed by atoms with E-state index in [0.717, 1.165) is 27.4 Å². The Labute approximate surface area is 197 Å². The van der Waals surface area contributed by atoms with Gasteiger partial charge in [-0.2, -0.15) is 0 Å². The molecule has 2 amide bonds. The summed E-state index contributed by atoms with van der Waals surface area (Å²) in [5, 5.41) is 0. The molecule has 6 nitrogen and oxygen atoms in total. The molecule has 1 fully saturated rings. The van der Waals surface area contributed by atoms with Gasteiger partial charge in [0.15, 0.2) is 0 Å². The molecule has 3 aromatic rings. The summed E-state index contributed by atoms with van der Waals surface area (Å²) < 4.78 is 13.5. The number of nitrogens with zero attached hydrogens (tertiary/aromatic N) is 4. The quantitative estimate of drug-likeness (QED) is 0.557.